The van der Waals surface area contributed by atoms with E-state index < -0.39 is 34.3 Å². The van der Waals surface area contributed by atoms with Gasteiger partial charge in [0.2, 0.25) is 0 Å². The maximum Gasteiger partial charge on any atom is 0.375 e. The molecule has 0 aliphatic carbocycles. The van der Waals surface area contributed by atoms with E-state index in [9.17, 15) is 19.2 Å². The van der Waals surface area contributed by atoms with E-state index in [2.05, 4.69) is 9.47 Å². The van der Waals surface area contributed by atoms with E-state index in [4.69, 9.17) is 0 Å². The molecule has 0 saturated carbocycles. The van der Waals surface area contributed by atoms with Gasteiger partial charge in [0.05, 0.1) is 19.6 Å². The van der Waals surface area contributed by atoms with Gasteiger partial charge in [0.1, 0.15) is 5.41 Å². The van der Waals surface area contributed by atoms with Crippen molar-refractivity contribution in [3.63, 3.8) is 0 Å². The Bertz CT molecular complexity index is 391. The molecule has 6 nitrogen and oxygen atoms in total. The maximum atomic E-state index is 12.2. The van der Waals surface area contributed by atoms with Crippen LogP contribution in [0.2, 0.25) is 0 Å². The molecule has 0 atom stereocenters. The lowest BCUT2D eigenvalue weighted by molar-refractivity contribution is -0.164. The molecule has 0 saturated heterocycles. The molecule has 102 valence electrons. The summed E-state index contributed by atoms with van der Waals surface area (Å²) in [5, 5.41) is 0. The number of carbonyl (C=O) groups is 4. The Labute approximate surface area is 106 Å². The number of esters is 2. The number of carbonyl (C=O) groups excluding carboxylic acids is 4. The summed E-state index contributed by atoms with van der Waals surface area (Å²) < 4.78 is 8.80. The molecule has 18 heavy (non-hydrogen) atoms. The monoisotopic (exact) mass is 258 g/mol. The summed E-state index contributed by atoms with van der Waals surface area (Å²) in [6.07, 6.45) is 0. The van der Waals surface area contributed by atoms with Gasteiger partial charge in [0.25, 0.3) is 5.78 Å². The van der Waals surface area contributed by atoms with Crippen LogP contribution in [0.15, 0.2) is 0 Å². The molecule has 0 aliphatic heterocycles. The summed E-state index contributed by atoms with van der Waals surface area (Å²) in [7, 11) is 2.19. The van der Waals surface area contributed by atoms with Gasteiger partial charge in [-0.15, -0.1) is 0 Å². The minimum Gasteiger partial charge on any atom is -0.468 e. The van der Waals surface area contributed by atoms with Crippen molar-refractivity contribution in [3.05, 3.63) is 0 Å². The standard InChI is InChI=1S/C12H18O6/c1-11(2,7(13)8(14)17-5)9(15)12(3,4)10(16)18-6/h1-6H3. The highest BCUT2D eigenvalue weighted by Gasteiger charge is 2.50. The van der Waals surface area contributed by atoms with E-state index >= 15 is 0 Å². The van der Waals surface area contributed by atoms with Gasteiger partial charge < -0.3 is 9.47 Å². The van der Waals surface area contributed by atoms with Crippen LogP contribution in [0.1, 0.15) is 27.7 Å². The lowest BCUT2D eigenvalue weighted by atomic mass is 9.71. The average Bonchev–Trinajstić information content (AvgIpc) is 2.34. The fourth-order valence-electron chi connectivity index (χ4n) is 1.58. The summed E-state index contributed by atoms with van der Waals surface area (Å²) in [5.74, 6) is -3.57. The van der Waals surface area contributed by atoms with Crippen molar-refractivity contribution in [1.82, 2.24) is 0 Å². The Balaban J connectivity index is 5.38. The second kappa shape index (κ2) is 5.29. The first-order valence-corrected chi connectivity index (χ1v) is 5.29. The van der Waals surface area contributed by atoms with E-state index in [-0.39, 0.29) is 0 Å². The molecule has 0 aromatic carbocycles. The molecule has 0 spiro atoms. The number of ketones is 2. The van der Waals surface area contributed by atoms with E-state index in [0.717, 1.165) is 14.2 Å². The van der Waals surface area contributed by atoms with Crippen molar-refractivity contribution in [2.75, 3.05) is 14.2 Å². The van der Waals surface area contributed by atoms with Crippen molar-refractivity contribution < 1.29 is 28.7 Å². The van der Waals surface area contributed by atoms with Crippen molar-refractivity contribution in [2.24, 2.45) is 10.8 Å². The van der Waals surface area contributed by atoms with E-state index in [1.54, 1.807) is 0 Å². The third-order valence-electron chi connectivity index (χ3n) is 2.77. The van der Waals surface area contributed by atoms with E-state index in [1.165, 1.54) is 27.7 Å². The SMILES string of the molecule is COC(=O)C(=O)C(C)(C)C(=O)C(C)(C)C(=O)OC. The van der Waals surface area contributed by atoms with Gasteiger partial charge >= 0.3 is 11.9 Å². The van der Waals surface area contributed by atoms with Crippen LogP contribution in [0.5, 0.6) is 0 Å². The predicted octanol–water partition coefficient (Wildman–Crippen LogP) is 0.523. The largest absolute Gasteiger partial charge is 0.468 e. The molecule has 0 unspecified atom stereocenters. The number of ether oxygens (including phenoxy) is 2. The highest BCUT2D eigenvalue weighted by atomic mass is 16.5. The van der Waals surface area contributed by atoms with Crippen molar-refractivity contribution in [3.8, 4) is 0 Å². The Hall–Kier alpha value is -1.72. The van der Waals surface area contributed by atoms with E-state index in [1.807, 2.05) is 0 Å². The van der Waals surface area contributed by atoms with Crippen LogP contribution < -0.4 is 0 Å². The lowest BCUT2D eigenvalue weighted by Gasteiger charge is -2.29. The summed E-state index contributed by atoms with van der Waals surface area (Å²) in [6.45, 7) is 5.24. The molecule has 0 fully saturated rings. The Morgan fingerprint density at radius 1 is 0.778 bits per heavy atom. The first kappa shape index (κ1) is 16.3. The molecular weight excluding hydrogens is 240 g/mol. The molecule has 0 aromatic rings. The van der Waals surface area contributed by atoms with Crippen LogP contribution in [-0.2, 0) is 28.7 Å². The molecule has 0 aromatic heterocycles. The van der Waals surface area contributed by atoms with E-state index in [0.29, 0.717) is 0 Å². The number of hydrogen-bond donors (Lipinski definition) is 0. The molecule has 0 aliphatic rings. The predicted molar refractivity (Wildman–Crippen MR) is 61.6 cm³/mol. The molecule has 0 rings (SSSR count). The number of rotatable bonds is 5. The first-order chi connectivity index (χ1) is 8.03. The second-order valence-electron chi connectivity index (χ2n) is 4.89. The quantitative estimate of drug-likeness (QED) is 0.406. The van der Waals surface area contributed by atoms with Gasteiger partial charge in [0, 0.05) is 0 Å². The van der Waals surface area contributed by atoms with Gasteiger partial charge in [-0.25, -0.2) is 4.79 Å². The lowest BCUT2D eigenvalue weighted by Crippen LogP contribution is -2.48. The molecule has 0 bridgehead atoms. The third-order valence-corrected chi connectivity index (χ3v) is 2.77. The van der Waals surface area contributed by atoms with Gasteiger partial charge in [-0.05, 0) is 27.7 Å². The Kier molecular flexibility index (Phi) is 4.78. The summed E-state index contributed by atoms with van der Waals surface area (Å²) in [4.78, 5) is 46.7. The summed E-state index contributed by atoms with van der Waals surface area (Å²) in [6, 6.07) is 0. The Morgan fingerprint density at radius 2 is 1.22 bits per heavy atom. The number of hydrogen-bond acceptors (Lipinski definition) is 6. The highest BCUT2D eigenvalue weighted by Crippen LogP contribution is 2.31. The van der Waals surface area contributed by atoms with Gasteiger partial charge in [-0.3, -0.25) is 14.4 Å². The normalized spacial score (nSPS) is 11.7. The fraction of sp³-hybridized carbons (Fsp3) is 0.667. The zero-order valence-electron chi connectivity index (χ0n) is 11.4. The second-order valence-corrected chi connectivity index (χ2v) is 4.89. The van der Waals surface area contributed by atoms with Crippen molar-refractivity contribution in [2.45, 2.75) is 27.7 Å². The summed E-state index contributed by atoms with van der Waals surface area (Å²) >= 11 is 0. The van der Waals surface area contributed by atoms with Crippen LogP contribution in [0.3, 0.4) is 0 Å². The molecule has 0 amide bonds. The smallest absolute Gasteiger partial charge is 0.375 e. The fourth-order valence-corrected chi connectivity index (χ4v) is 1.58. The zero-order chi connectivity index (χ0) is 14.7. The highest BCUT2D eigenvalue weighted by molar-refractivity contribution is 6.41. The molecule has 0 N–H and O–H groups in total. The van der Waals surface area contributed by atoms with Gasteiger partial charge in [0.15, 0.2) is 5.78 Å². The molecule has 6 heteroatoms. The Morgan fingerprint density at radius 3 is 1.56 bits per heavy atom. The minimum absolute atomic E-state index is 0.697. The minimum atomic E-state index is -1.65. The average molecular weight is 258 g/mol. The van der Waals surface area contributed by atoms with Crippen LogP contribution >= 0.6 is 0 Å². The third kappa shape index (κ3) is 2.75. The van der Waals surface area contributed by atoms with Crippen molar-refractivity contribution >= 4 is 23.5 Å². The van der Waals surface area contributed by atoms with Crippen LogP contribution in [0, 0.1) is 10.8 Å². The first-order valence-electron chi connectivity index (χ1n) is 5.29. The molecular formula is C12H18O6. The van der Waals surface area contributed by atoms with Gasteiger partial charge in [-0.1, -0.05) is 0 Å². The van der Waals surface area contributed by atoms with Gasteiger partial charge in [-0.2, -0.15) is 0 Å². The molecule has 0 radical (unpaired) electrons. The van der Waals surface area contributed by atoms with Crippen LogP contribution in [0.25, 0.3) is 0 Å². The maximum absolute atomic E-state index is 12.2. The summed E-state index contributed by atoms with van der Waals surface area (Å²) in [5.41, 5.74) is -3.16. The van der Waals surface area contributed by atoms with Crippen LogP contribution in [-0.4, -0.2) is 37.7 Å². The van der Waals surface area contributed by atoms with Crippen molar-refractivity contribution in [1.29, 1.82) is 0 Å². The number of methoxy groups -OCH3 is 2. The number of Topliss-reactive ketones (excluding diaryl/α,β-unsaturated/α-hetero) is 2. The topological polar surface area (TPSA) is 86.7 Å². The van der Waals surface area contributed by atoms with Crippen LogP contribution in [0.4, 0.5) is 0 Å². The zero-order valence-corrected chi connectivity index (χ0v) is 11.4. The molecule has 0 heterocycles.